The fourth-order valence-corrected chi connectivity index (χ4v) is 3.11. The molecule has 1 aromatic carbocycles. The Balaban J connectivity index is 1.60. The van der Waals surface area contributed by atoms with Crippen molar-refractivity contribution < 1.29 is 17.9 Å². The lowest BCUT2D eigenvalue weighted by Crippen LogP contribution is -2.52. The third-order valence-corrected chi connectivity index (χ3v) is 4.83. The van der Waals surface area contributed by atoms with E-state index in [0.717, 1.165) is 5.56 Å². The summed E-state index contributed by atoms with van der Waals surface area (Å²) in [6.07, 6.45) is 1.06. The minimum absolute atomic E-state index is 0.0300. The molecule has 8 heteroatoms. The van der Waals surface area contributed by atoms with Gasteiger partial charge < -0.3 is 9.64 Å². The maximum absolute atomic E-state index is 12.1. The number of rotatable bonds is 7. The Kier molecular flexibility index (Phi) is 6.52. The van der Waals surface area contributed by atoms with Crippen molar-refractivity contribution in [3.63, 3.8) is 0 Å². The van der Waals surface area contributed by atoms with Crippen LogP contribution in [0.2, 0.25) is 0 Å². The number of amides is 1. The van der Waals surface area contributed by atoms with Crippen LogP contribution in [-0.2, 0) is 26.3 Å². The van der Waals surface area contributed by atoms with E-state index in [1.165, 1.54) is 4.31 Å². The zero-order valence-electron chi connectivity index (χ0n) is 13.1. The molecule has 0 radical (unpaired) electrons. The first-order chi connectivity index (χ1) is 11.0. The molecule has 0 bridgehead atoms. The van der Waals surface area contributed by atoms with E-state index in [9.17, 15) is 13.2 Å². The smallest absolute Gasteiger partial charge is 0.277 e. The van der Waals surface area contributed by atoms with Gasteiger partial charge in [0.05, 0.1) is 6.61 Å². The number of carbonyl (C=O) groups is 1. The molecule has 0 unspecified atom stereocenters. The van der Waals surface area contributed by atoms with Gasteiger partial charge in [0, 0.05) is 39.2 Å². The molecule has 1 amide bonds. The van der Waals surface area contributed by atoms with Gasteiger partial charge >= 0.3 is 0 Å². The summed E-state index contributed by atoms with van der Waals surface area (Å²) in [4.78, 5) is 13.7. The average Bonchev–Trinajstić information content (AvgIpc) is 2.54. The Labute approximate surface area is 137 Å². The first kappa shape index (κ1) is 17.9. The lowest BCUT2D eigenvalue weighted by atomic mass is 10.2. The molecule has 1 aliphatic rings. The third kappa shape index (κ3) is 5.91. The van der Waals surface area contributed by atoms with Crippen molar-refractivity contribution in [3.05, 3.63) is 35.9 Å². The highest BCUT2D eigenvalue weighted by Gasteiger charge is 2.25. The van der Waals surface area contributed by atoms with Crippen LogP contribution in [0.15, 0.2) is 30.3 Å². The zero-order chi connectivity index (χ0) is 16.7. The number of hydrogen-bond acceptors (Lipinski definition) is 4. The molecule has 1 fully saturated rings. The van der Waals surface area contributed by atoms with Crippen LogP contribution >= 0.6 is 0 Å². The maximum Gasteiger partial charge on any atom is 0.277 e. The van der Waals surface area contributed by atoms with E-state index in [-0.39, 0.29) is 19.0 Å². The number of piperazine rings is 1. The van der Waals surface area contributed by atoms with Gasteiger partial charge in [0.15, 0.2) is 0 Å². The van der Waals surface area contributed by atoms with E-state index in [4.69, 9.17) is 9.88 Å². The van der Waals surface area contributed by atoms with Crippen molar-refractivity contribution >= 4 is 16.1 Å². The molecule has 1 aromatic rings. The quantitative estimate of drug-likeness (QED) is 0.723. The number of ether oxygens (including phenoxy) is 1. The van der Waals surface area contributed by atoms with Gasteiger partial charge in [-0.25, -0.2) is 5.14 Å². The minimum atomic E-state index is -3.65. The van der Waals surface area contributed by atoms with Gasteiger partial charge in [-0.2, -0.15) is 12.7 Å². The molecule has 0 aromatic heterocycles. The Morgan fingerprint density at radius 1 is 1.13 bits per heavy atom. The zero-order valence-corrected chi connectivity index (χ0v) is 13.9. The lowest BCUT2D eigenvalue weighted by Gasteiger charge is -2.33. The summed E-state index contributed by atoms with van der Waals surface area (Å²) in [5.74, 6) is 0.0300. The predicted molar refractivity (Wildman–Crippen MR) is 86.6 cm³/mol. The third-order valence-electron chi connectivity index (χ3n) is 3.74. The molecule has 1 aliphatic heterocycles. The molecule has 1 saturated heterocycles. The summed E-state index contributed by atoms with van der Waals surface area (Å²) in [6.45, 7) is 2.37. The van der Waals surface area contributed by atoms with E-state index >= 15 is 0 Å². The van der Waals surface area contributed by atoms with Crippen LogP contribution < -0.4 is 5.14 Å². The Bertz CT molecular complexity index is 598. The number of nitrogens with zero attached hydrogens (tertiary/aromatic N) is 2. The molecule has 23 heavy (non-hydrogen) atoms. The number of carbonyl (C=O) groups excluding carboxylic acids is 1. The molecule has 128 valence electrons. The van der Waals surface area contributed by atoms with Gasteiger partial charge in [-0.05, 0) is 12.0 Å². The van der Waals surface area contributed by atoms with E-state index in [1.54, 1.807) is 4.90 Å². The number of nitrogens with two attached hydrogens (primary N) is 1. The monoisotopic (exact) mass is 341 g/mol. The average molecular weight is 341 g/mol. The normalized spacial score (nSPS) is 16.5. The van der Waals surface area contributed by atoms with Gasteiger partial charge in [-0.15, -0.1) is 0 Å². The predicted octanol–water partition coefficient (Wildman–Crippen LogP) is 0.331. The van der Waals surface area contributed by atoms with Crippen LogP contribution in [0.1, 0.15) is 18.4 Å². The SMILES string of the molecule is NS(=O)(=O)N1CCN(C(=O)CCCOCc2ccccc2)CC1. The summed E-state index contributed by atoms with van der Waals surface area (Å²) in [5.41, 5.74) is 1.11. The number of benzene rings is 1. The number of hydrogen-bond donors (Lipinski definition) is 1. The summed E-state index contributed by atoms with van der Waals surface area (Å²) >= 11 is 0. The van der Waals surface area contributed by atoms with Crippen LogP contribution in [0, 0.1) is 0 Å². The van der Waals surface area contributed by atoms with Crippen molar-refractivity contribution in [2.45, 2.75) is 19.4 Å². The molecule has 0 saturated carbocycles. The molecular weight excluding hydrogens is 318 g/mol. The van der Waals surface area contributed by atoms with Gasteiger partial charge in [0.25, 0.3) is 10.2 Å². The van der Waals surface area contributed by atoms with Crippen LogP contribution in [0.4, 0.5) is 0 Å². The fraction of sp³-hybridized carbons (Fsp3) is 0.533. The molecular formula is C15H23N3O4S. The maximum atomic E-state index is 12.1. The fourth-order valence-electron chi connectivity index (χ4n) is 2.44. The lowest BCUT2D eigenvalue weighted by molar-refractivity contribution is -0.132. The molecule has 0 aliphatic carbocycles. The van der Waals surface area contributed by atoms with Crippen LogP contribution in [0.3, 0.4) is 0 Å². The van der Waals surface area contributed by atoms with Gasteiger partial charge in [-0.3, -0.25) is 4.79 Å². The standard InChI is InChI=1S/C15H23N3O4S/c16-23(20,21)18-10-8-17(9-11-18)15(19)7-4-12-22-13-14-5-2-1-3-6-14/h1-3,5-6H,4,7-13H2,(H2,16,20,21). The first-order valence-corrected chi connectivity index (χ1v) is 9.14. The highest BCUT2D eigenvalue weighted by Crippen LogP contribution is 2.08. The molecule has 0 atom stereocenters. The topological polar surface area (TPSA) is 92.9 Å². The molecule has 7 nitrogen and oxygen atoms in total. The summed E-state index contributed by atoms with van der Waals surface area (Å²) < 4.78 is 29.2. The second kappa shape index (κ2) is 8.39. The van der Waals surface area contributed by atoms with E-state index in [1.807, 2.05) is 30.3 Å². The van der Waals surface area contributed by atoms with Crippen molar-refractivity contribution in [1.82, 2.24) is 9.21 Å². The van der Waals surface area contributed by atoms with Crippen molar-refractivity contribution in [1.29, 1.82) is 0 Å². The largest absolute Gasteiger partial charge is 0.377 e. The second-order valence-corrected chi connectivity index (χ2v) is 7.01. The summed E-state index contributed by atoms with van der Waals surface area (Å²) in [5, 5.41) is 5.07. The van der Waals surface area contributed by atoms with E-state index in [0.29, 0.717) is 39.1 Å². The van der Waals surface area contributed by atoms with Crippen LogP contribution in [-0.4, -0.2) is 56.3 Å². The molecule has 0 spiro atoms. The van der Waals surface area contributed by atoms with Crippen molar-refractivity contribution in [2.75, 3.05) is 32.8 Å². The van der Waals surface area contributed by atoms with Gasteiger partial charge in [0.1, 0.15) is 0 Å². The minimum Gasteiger partial charge on any atom is -0.377 e. The van der Waals surface area contributed by atoms with Gasteiger partial charge in [0.2, 0.25) is 5.91 Å². The van der Waals surface area contributed by atoms with Crippen molar-refractivity contribution in [3.8, 4) is 0 Å². The molecule has 2 N–H and O–H groups in total. The van der Waals surface area contributed by atoms with Crippen molar-refractivity contribution in [2.24, 2.45) is 5.14 Å². The highest BCUT2D eigenvalue weighted by molar-refractivity contribution is 7.86. The highest BCUT2D eigenvalue weighted by atomic mass is 32.2. The molecule has 2 rings (SSSR count). The summed E-state index contributed by atoms with van der Waals surface area (Å²) in [7, 11) is -3.65. The Morgan fingerprint density at radius 3 is 2.39 bits per heavy atom. The van der Waals surface area contributed by atoms with E-state index < -0.39 is 10.2 Å². The Morgan fingerprint density at radius 2 is 1.78 bits per heavy atom. The molecule has 1 heterocycles. The second-order valence-electron chi connectivity index (χ2n) is 5.47. The summed E-state index contributed by atoms with van der Waals surface area (Å²) in [6, 6.07) is 9.87. The van der Waals surface area contributed by atoms with E-state index in [2.05, 4.69) is 0 Å². The van der Waals surface area contributed by atoms with Crippen LogP contribution in [0.25, 0.3) is 0 Å². The van der Waals surface area contributed by atoms with Gasteiger partial charge in [-0.1, -0.05) is 30.3 Å². The first-order valence-electron chi connectivity index (χ1n) is 7.64. The van der Waals surface area contributed by atoms with Crippen LogP contribution in [0.5, 0.6) is 0 Å². The Hall–Kier alpha value is -1.48.